The van der Waals surface area contributed by atoms with Crippen molar-refractivity contribution in [2.24, 2.45) is 5.92 Å². The van der Waals surface area contributed by atoms with E-state index in [0.717, 1.165) is 5.69 Å². The van der Waals surface area contributed by atoms with Crippen LogP contribution in [0, 0.1) is 19.8 Å². The van der Waals surface area contributed by atoms with Gasteiger partial charge in [0.25, 0.3) is 0 Å². The van der Waals surface area contributed by atoms with Crippen LogP contribution in [0.3, 0.4) is 0 Å². The SMILES string of the molecule is COC(=O)c1cccc(NC(=S)N[C@H](c2ccc(C)cc2C)C(C)C)c1. The van der Waals surface area contributed by atoms with E-state index in [2.05, 4.69) is 56.5 Å². The molecule has 138 valence electrons. The quantitative estimate of drug-likeness (QED) is 0.586. The fraction of sp³-hybridized carbons (Fsp3) is 0.333. The van der Waals surface area contributed by atoms with Gasteiger partial charge in [-0.15, -0.1) is 0 Å². The van der Waals surface area contributed by atoms with Crippen molar-refractivity contribution < 1.29 is 9.53 Å². The van der Waals surface area contributed by atoms with Crippen molar-refractivity contribution in [2.75, 3.05) is 12.4 Å². The Balaban J connectivity index is 2.15. The lowest BCUT2D eigenvalue weighted by molar-refractivity contribution is 0.0601. The van der Waals surface area contributed by atoms with Gasteiger partial charge in [0.2, 0.25) is 0 Å². The molecule has 0 spiro atoms. The number of nitrogens with one attached hydrogen (secondary N) is 2. The van der Waals surface area contributed by atoms with Crippen LogP contribution in [0.15, 0.2) is 42.5 Å². The lowest BCUT2D eigenvalue weighted by Gasteiger charge is -2.26. The van der Waals surface area contributed by atoms with Gasteiger partial charge in [-0.25, -0.2) is 4.79 Å². The van der Waals surface area contributed by atoms with Gasteiger partial charge in [-0.1, -0.05) is 43.7 Å². The number of carbonyl (C=O) groups is 1. The van der Waals surface area contributed by atoms with Crippen molar-refractivity contribution in [2.45, 2.75) is 33.7 Å². The molecule has 2 aromatic rings. The number of anilines is 1. The van der Waals surface area contributed by atoms with Crippen molar-refractivity contribution in [1.29, 1.82) is 0 Å². The Morgan fingerprint density at radius 2 is 1.85 bits per heavy atom. The highest BCUT2D eigenvalue weighted by atomic mass is 32.1. The molecule has 2 rings (SSSR count). The zero-order valence-corrected chi connectivity index (χ0v) is 16.7. The molecule has 5 heteroatoms. The summed E-state index contributed by atoms with van der Waals surface area (Å²) in [4.78, 5) is 11.7. The molecule has 26 heavy (non-hydrogen) atoms. The molecule has 0 aliphatic carbocycles. The first-order valence-corrected chi connectivity index (χ1v) is 9.05. The van der Waals surface area contributed by atoms with Crippen LogP contribution in [-0.2, 0) is 4.74 Å². The van der Waals surface area contributed by atoms with Crippen molar-refractivity contribution in [3.8, 4) is 0 Å². The summed E-state index contributed by atoms with van der Waals surface area (Å²) < 4.78 is 4.76. The van der Waals surface area contributed by atoms with Crippen molar-refractivity contribution in [3.05, 3.63) is 64.7 Å². The number of esters is 1. The van der Waals surface area contributed by atoms with E-state index in [1.54, 1.807) is 18.2 Å². The number of carbonyl (C=O) groups excluding carboxylic acids is 1. The molecule has 0 aromatic heterocycles. The molecule has 0 saturated heterocycles. The number of ether oxygens (including phenoxy) is 1. The van der Waals surface area contributed by atoms with E-state index in [9.17, 15) is 4.79 Å². The minimum atomic E-state index is -0.372. The van der Waals surface area contributed by atoms with Crippen LogP contribution in [0.25, 0.3) is 0 Å². The summed E-state index contributed by atoms with van der Waals surface area (Å²) in [5.74, 6) is -0.0135. The van der Waals surface area contributed by atoms with Crippen molar-refractivity contribution in [1.82, 2.24) is 5.32 Å². The van der Waals surface area contributed by atoms with Gasteiger partial charge < -0.3 is 15.4 Å². The van der Waals surface area contributed by atoms with Gasteiger partial charge >= 0.3 is 5.97 Å². The average Bonchev–Trinajstić information content (AvgIpc) is 2.59. The minimum absolute atomic E-state index is 0.0967. The molecule has 0 saturated carbocycles. The third-order valence-electron chi connectivity index (χ3n) is 4.26. The van der Waals surface area contributed by atoms with E-state index < -0.39 is 0 Å². The molecule has 4 nitrogen and oxygen atoms in total. The fourth-order valence-electron chi connectivity index (χ4n) is 2.93. The molecule has 0 aliphatic heterocycles. The number of methoxy groups -OCH3 is 1. The highest BCUT2D eigenvalue weighted by Crippen LogP contribution is 2.25. The van der Waals surface area contributed by atoms with E-state index >= 15 is 0 Å². The van der Waals surface area contributed by atoms with Crippen molar-refractivity contribution in [3.63, 3.8) is 0 Å². The number of hydrogen-bond acceptors (Lipinski definition) is 3. The third-order valence-corrected chi connectivity index (χ3v) is 4.48. The molecule has 0 amide bonds. The summed E-state index contributed by atoms with van der Waals surface area (Å²) in [5, 5.41) is 7.09. The summed E-state index contributed by atoms with van der Waals surface area (Å²) in [6.07, 6.45) is 0. The maximum atomic E-state index is 11.7. The van der Waals surface area contributed by atoms with E-state index in [1.165, 1.54) is 23.8 Å². The number of rotatable bonds is 5. The Morgan fingerprint density at radius 1 is 1.12 bits per heavy atom. The number of thiocarbonyl (C=S) groups is 1. The summed E-state index contributed by atoms with van der Waals surface area (Å²) in [7, 11) is 1.37. The summed E-state index contributed by atoms with van der Waals surface area (Å²) in [6, 6.07) is 13.6. The Bertz CT molecular complexity index is 802. The first-order chi connectivity index (χ1) is 12.3. The minimum Gasteiger partial charge on any atom is -0.465 e. The second kappa shape index (κ2) is 8.81. The van der Waals surface area contributed by atoms with Gasteiger partial charge in [0.05, 0.1) is 18.7 Å². The molecular weight excluding hydrogens is 344 g/mol. The fourth-order valence-corrected chi connectivity index (χ4v) is 3.17. The Labute approximate surface area is 161 Å². The van der Waals surface area contributed by atoms with Crippen LogP contribution in [0.4, 0.5) is 5.69 Å². The average molecular weight is 371 g/mol. The third kappa shape index (κ3) is 5.05. The molecule has 2 N–H and O–H groups in total. The zero-order chi connectivity index (χ0) is 19.3. The van der Waals surface area contributed by atoms with Crippen LogP contribution in [0.2, 0.25) is 0 Å². The maximum Gasteiger partial charge on any atom is 0.337 e. The van der Waals surface area contributed by atoms with E-state index in [-0.39, 0.29) is 12.0 Å². The summed E-state index contributed by atoms with van der Waals surface area (Å²) in [5.41, 5.74) is 4.95. The topological polar surface area (TPSA) is 50.4 Å². The lowest BCUT2D eigenvalue weighted by Crippen LogP contribution is -2.35. The molecule has 2 aromatic carbocycles. The number of benzene rings is 2. The van der Waals surface area contributed by atoms with Crippen LogP contribution < -0.4 is 10.6 Å². The van der Waals surface area contributed by atoms with Gasteiger partial charge in [0, 0.05) is 5.69 Å². The first-order valence-electron chi connectivity index (χ1n) is 8.65. The number of aryl methyl sites for hydroxylation is 2. The van der Waals surface area contributed by atoms with Gasteiger partial charge in [0.1, 0.15) is 0 Å². The Morgan fingerprint density at radius 3 is 2.46 bits per heavy atom. The Kier molecular flexibility index (Phi) is 6.75. The molecule has 0 unspecified atom stereocenters. The molecule has 1 atom stereocenters. The smallest absolute Gasteiger partial charge is 0.337 e. The normalized spacial score (nSPS) is 11.8. The largest absolute Gasteiger partial charge is 0.465 e. The van der Waals surface area contributed by atoms with Gasteiger partial charge in [-0.2, -0.15) is 0 Å². The predicted molar refractivity (Wildman–Crippen MR) is 111 cm³/mol. The highest BCUT2D eigenvalue weighted by molar-refractivity contribution is 7.80. The highest BCUT2D eigenvalue weighted by Gasteiger charge is 2.19. The lowest BCUT2D eigenvalue weighted by atomic mass is 9.92. The zero-order valence-electron chi connectivity index (χ0n) is 15.9. The second-order valence-corrected chi connectivity index (χ2v) is 7.16. The van der Waals surface area contributed by atoms with E-state index in [1.807, 2.05) is 6.07 Å². The first kappa shape index (κ1) is 19.9. The van der Waals surface area contributed by atoms with Gasteiger partial charge in [0.15, 0.2) is 5.11 Å². The van der Waals surface area contributed by atoms with Crippen molar-refractivity contribution >= 4 is 29.0 Å². The van der Waals surface area contributed by atoms with Gasteiger partial charge in [-0.3, -0.25) is 0 Å². The number of hydrogen-bond donors (Lipinski definition) is 2. The Hall–Kier alpha value is -2.40. The summed E-state index contributed by atoms with van der Waals surface area (Å²) >= 11 is 5.50. The predicted octanol–water partition coefficient (Wildman–Crippen LogP) is 4.77. The van der Waals surface area contributed by atoms with E-state index in [4.69, 9.17) is 17.0 Å². The maximum absolute atomic E-state index is 11.7. The van der Waals surface area contributed by atoms with Crippen LogP contribution in [0.5, 0.6) is 0 Å². The van der Waals surface area contributed by atoms with E-state index in [0.29, 0.717) is 16.6 Å². The van der Waals surface area contributed by atoms with Gasteiger partial charge in [-0.05, 0) is 61.3 Å². The van der Waals surface area contributed by atoms with Crippen LogP contribution in [0.1, 0.15) is 46.9 Å². The molecular formula is C21H26N2O2S. The summed E-state index contributed by atoms with van der Waals surface area (Å²) in [6.45, 7) is 8.54. The molecule has 0 aliphatic rings. The van der Waals surface area contributed by atoms with Crippen LogP contribution >= 0.6 is 12.2 Å². The molecule has 0 fully saturated rings. The standard InChI is InChI=1S/C21H26N2O2S/c1-13(2)19(18-10-9-14(3)11-15(18)4)23-21(26)22-17-8-6-7-16(12-17)20(24)25-5/h6-13,19H,1-5H3,(H2,22,23,26)/t19-/m0/s1. The molecule has 0 radical (unpaired) electrons. The second-order valence-electron chi connectivity index (χ2n) is 6.75. The monoisotopic (exact) mass is 370 g/mol. The molecule has 0 heterocycles. The van der Waals surface area contributed by atoms with Crippen LogP contribution in [-0.4, -0.2) is 18.2 Å². The molecule has 0 bridgehead atoms.